The SMILES string of the molecule is CCC1CC2CCCC(C2)C1NC(=O)N1CCC2(CC1)CC(CC#N)c1ccccc12. The maximum Gasteiger partial charge on any atom is 0.317 e. The molecule has 1 N–H and O–H groups in total. The van der Waals surface area contributed by atoms with Gasteiger partial charge in [-0.1, -0.05) is 50.5 Å². The van der Waals surface area contributed by atoms with Gasteiger partial charge in [0, 0.05) is 25.6 Å². The first-order valence-electron chi connectivity index (χ1n) is 12.7. The van der Waals surface area contributed by atoms with Crippen LogP contribution in [-0.4, -0.2) is 30.1 Å². The summed E-state index contributed by atoms with van der Waals surface area (Å²) in [5.74, 6) is 2.59. The first-order chi connectivity index (χ1) is 15.1. The predicted octanol–water partition coefficient (Wildman–Crippen LogP) is 5.74. The van der Waals surface area contributed by atoms with E-state index in [1.54, 1.807) is 0 Å². The fraction of sp³-hybridized carbons (Fsp3) is 0.704. The molecule has 1 spiro atoms. The van der Waals surface area contributed by atoms with Gasteiger partial charge >= 0.3 is 6.03 Å². The number of nitriles is 1. The monoisotopic (exact) mass is 419 g/mol. The van der Waals surface area contributed by atoms with E-state index in [0.717, 1.165) is 38.3 Å². The molecule has 3 aliphatic carbocycles. The molecule has 4 aliphatic rings. The summed E-state index contributed by atoms with van der Waals surface area (Å²) < 4.78 is 0. The highest BCUT2D eigenvalue weighted by Gasteiger charge is 2.46. The van der Waals surface area contributed by atoms with Crippen LogP contribution in [0.25, 0.3) is 0 Å². The number of carbonyl (C=O) groups excluding carboxylic acids is 1. The number of likely N-dealkylation sites (tertiary alicyclic amines) is 1. The van der Waals surface area contributed by atoms with Crippen LogP contribution in [0.2, 0.25) is 0 Å². The van der Waals surface area contributed by atoms with Crippen LogP contribution in [0.4, 0.5) is 4.79 Å². The van der Waals surface area contributed by atoms with Crippen LogP contribution < -0.4 is 5.32 Å². The highest BCUT2D eigenvalue weighted by Crippen LogP contribution is 2.52. The van der Waals surface area contributed by atoms with Gasteiger partial charge in [0.1, 0.15) is 0 Å². The van der Waals surface area contributed by atoms with Gasteiger partial charge in [-0.05, 0) is 78.7 Å². The maximum atomic E-state index is 13.3. The number of nitrogens with zero attached hydrogens (tertiary/aromatic N) is 2. The van der Waals surface area contributed by atoms with Crippen molar-refractivity contribution in [3.05, 3.63) is 35.4 Å². The minimum atomic E-state index is 0.155. The molecular weight excluding hydrogens is 382 g/mol. The molecule has 5 atom stereocenters. The summed E-state index contributed by atoms with van der Waals surface area (Å²) in [5.41, 5.74) is 2.98. The lowest BCUT2D eigenvalue weighted by Gasteiger charge is -2.46. The molecule has 1 aromatic rings. The van der Waals surface area contributed by atoms with E-state index in [2.05, 4.69) is 47.5 Å². The van der Waals surface area contributed by atoms with E-state index < -0.39 is 0 Å². The molecular formula is C27H37N3O. The second-order valence-electron chi connectivity index (χ2n) is 10.8. The molecule has 3 fully saturated rings. The average Bonchev–Trinajstić information content (AvgIpc) is 3.09. The van der Waals surface area contributed by atoms with Crippen molar-refractivity contribution >= 4 is 6.03 Å². The molecule has 4 heteroatoms. The fourth-order valence-corrected chi connectivity index (χ4v) is 7.65. The van der Waals surface area contributed by atoms with Gasteiger partial charge in [0.15, 0.2) is 0 Å². The van der Waals surface area contributed by atoms with Gasteiger partial charge in [-0.25, -0.2) is 4.79 Å². The smallest absolute Gasteiger partial charge is 0.317 e. The number of hydrogen-bond donors (Lipinski definition) is 1. The molecule has 4 nitrogen and oxygen atoms in total. The number of benzene rings is 1. The molecule has 0 radical (unpaired) electrons. The number of rotatable bonds is 3. The van der Waals surface area contributed by atoms with Crippen molar-refractivity contribution in [2.75, 3.05) is 13.1 Å². The molecule has 1 saturated heterocycles. The minimum Gasteiger partial charge on any atom is -0.335 e. The second kappa shape index (κ2) is 8.49. The van der Waals surface area contributed by atoms with Gasteiger partial charge < -0.3 is 10.2 Å². The van der Waals surface area contributed by atoms with E-state index in [0.29, 0.717) is 30.2 Å². The standard InChI is InChI=1S/C27H37N3O/c1-2-20-16-19-6-5-7-21(17-19)25(20)29-26(31)30-14-11-27(12-15-30)18-22(10-13-28)23-8-3-4-9-24(23)27/h3-4,8-9,19-22,25H,2,5-7,10-12,14-18H2,1H3,(H,29,31). The molecule has 1 heterocycles. The first-order valence-corrected chi connectivity index (χ1v) is 12.7. The van der Waals surface area contributed by atoms with Crippen molar-refractivity contribution in [1.82, 2.24) is 10.2 Å². The summed E-state index contributed by atoms with van der Waals surface area (Å²) in [6.45, 7) is 3.96. The Balaban J connectivity index is 1.25. The Morgan fingerprint density at radius 1 is 1.23 bits per heavy atom. The second-order valence-corrected chi connectivity index (χ2v) is 10.8. The highest BCUT2D eigenvalue weighted by atomic mass is 16.2. The van der Waals surface area contributed by atoms with Crippen molar-refractivity contribution in [1.29, 1.82) is 5.26 Å². The van der Waals surface area contributed by atoms with E-state index >= 15 is 0 Å². The third-order valence-corrected chi connectivity index (χ3v) is 9.24. The number of nitrogens with one attached hydrogen (secondary N) is 1. The minimum absolute atomic E-state index is 0.155. The van der Waals surface area contributed by atoms with E-state index in [9.17, 15) is 10.1 Å². The van der Waals surface area contributed by atoms with Gasteiger partial charge in [-0.3, -0.25) is 0 Å². The Bertz CT molecular complexity index is 848. The van der Waals surface area contributed by atoms with Crippen LogP contribution in [0.15, 0.2) is 24.3 Å². The third-order valence-electron chi connectivity index (χ3n) is 9.24. The van der Waals surface area contributed by atoms with Crippen LogP contribution in [-0.2, 0) is 5.41 Å². The lowest BCUT2D eigenvalue weighted by atomic mass is 9.64. The molecule has 1 aromatic carbocycles. The molecule has 5 unspecified atom stereocenters. The van der Waals surface area contributed by atoms with Gasteiger partial charge in [0.25, 0.3) is 0 Å². The summed E-state index contributed by atoms with van der Waals surface area (Å²) in [6.07, 6.45) is 11.5. The summed E-state index contributed by atoms with van der Waals surface area (Å²) in [5, 5.41) is 12.8. The average molecular weight is 420 g/mol. The zero-order chi connectivity index (χ0) is 21.4. The zero-order valence-electron chi connectivity index (χ0n) is 19.0. The number of urea groups is 1. The Kier molecular flexibility index (Phi) is 5.71. The van der Waals surface area contributed by atoms with E-state index in [-0.39, 0.29) is 11.4 Å². The van der Waals surface area contributed by atoms with Crippen LogP contribution in [0.3, 0.4) is 0 Å². The fourth-order valence-electron chi connectivity index (χ4n) is 7.65. The van der Waals surface area contributed by atoms with Crippen molar-refractivity contribution in [3.63, 3.8) is 0 Å². The number of hydrogen-bond acceptors (Lipinski definition) is 2. The predicted molar refractivity (Wildman–Crippen MR) is 123 cm³/mol. The van der Waals surface area contributed by atoms with E-state index in [4.69, 9.17) is 0 Å². The third kappa shape index (κ3) is 3.75. The molecule has 0 aromatic heterocycles. The van der Waals surface area contributed by atoms with Gasteiger partial charge in [-0.2, -0.15) is 5.26 Å². The quantitative estimate of drug-likeness (QED) is 0.679. The van der Waals surface area contributed by atoms with Crippen LogP contribution in [0.1, 0.15) is 88.2 Å². The number of amides is 2. The van der Waals surface area contributed by atoms with Gasteiger partial charge in [-0.15, -0.1) is 0 Å². The lowest BCUT2D eigenvalue weighted by Crippen LogP contribution is -2.55. The van der Waals surface area contributed by atoms with Crippen molar-refractivity contribution in [3.8, 4) is 6.07 Å². The molecule has 5 rings (SSSR count). The van der Waals surface area contributed by atoms with Crippen molar-refractivity contribution < 1.29 is 4.79 Å². The van der Waals surface area contributed by atoms with Gasteiger partial charge in [0.2, 0.25) is 0 Å². The summed E-state index contributed by atoms with van der Waals surface area (Å²) >= 11 is 0. The van der Waals surface area contributed by atoms with Crippen LogP contribution in [0.5, 0.6) is 0 Å². The Morgan fingerprint density at radius 3 is 2.81 bits per heavy atom. The number of piperidine rings is 1. The van der Waals surface area contributed by atoms with Crippen LogP contribution >= 0.6 is 0 Å². The zero-order valence-corrected chi connectivity index (χ0v) is 19.0. The largest absolute Gasteiger partial charge is 0.335 e. The Labute approximate surface area is 187 Å². The molecule has 31 heavy (non-hydrogen) atoms. The molecule has 2 saturated carbocycles. The highest BCUT2D eigenvalue weighted by molar-refractivity contribution is 5.75. The lowest BCUT2D eigenvalue weighted by molar-refractivity contribution is 0.0817. The molecule has 166 valence electrons. The maximum absolute atomic E-state index is 13.3. The number of fused-ring (bicyclic) bond motifs is 4. The van der Waals surface area contributed by atoms with E-state index in [1.807, 2.05) is 0 Å². The summed E-state index contributed by atoms with van der Waals surface area (Å²) in [6, 6.07) is 11.7. The molecule has 2 bridgehead atoms. The summed E-state index contributed by atoms with van der Waals surface area (Å²) in [4.78, 5) is 15.4. The Morgan fingerprint density at radius 2 is 2.03 bits per heavy atom. The molecule has 1 aliphatic heterocycles. The molecule has 2 amide bonds. The first kappa shape index (κ1) is 20.9. The van der Waals surface area contributed by atoms with Crippen LogP contribution in [0, 0.1) is 29.1 Å². The topological polar surface area (TPSA) is 56.1 Å². The number of carbonyl (C=O) groups is 1. The Hall–Kier alpha value is -2.02. The van der Waals surface area contributed by atoms with Crippen molar-refractivity contribution in [2.45, 2.75) is 88.5 Å². The summed E-state index contributed by atoms with van der Waals surface area (Å²) in [7, 11) is 0. The van der Waals surface area contributed by atoms with E-state index in [1.165, 1.54) is 49.7 Å². The normalized spacial score (nSPS) is 33.5. The van der Waals surface area contributed by atoms with Gasteiger partial charge in [0.05, 0.1) is 6.07 Å². The van der Waals surface area contributed by atoms with Crippen molar-refractivity contribution in [2.24, 2.45) is 17.8 Å².